The number of benzene rings is 1. The minimum Gasteiger partial charge on any atom is -0.490 e. The van der Waals surface area contributed by atoms with Crippen molar-refractivity contribution >= 4 is 5.96 Å². The first-order chi connectivity index (χ1) is 14.8. The van der Waals surface area contributed by atoms with E-state index in [9.17, 15) is 0 Å². The van der Waals surface area contributed by atoms with Gasteiger partial charge in [-0.15, -0.1) is 0 Å². The van der Waals surface area contributed by atoms with Crippen molar-refractivity contribution < 1.29 is 14.2 Å². The smallest absolute Gasteiger partial charge is 0.213 e. The molecule has 7 nitrogen and oxygen atoms in total. The summed E-state index contributed by atoms with van der Waals surface area (Å²) in [5, 5.41) is 3.43. The Labute approximate surface area is 179 Å². The van der Waals surface area contributed by atoms with Gasteiger partial charge in [0.2, 0.25) is 5.88 Å². The van der Waals surface area contributed by atoms with Gasteiger partial charge in [0.1, 0.15) is 19.0 Å². The Morgan fingerprint density at radius 3 is 2.53 bits per heavy atom. The average molecular weight is 413 g/mol. The van der Waals surface area contributed by atoms with Gasteiger partial charge < -0.3 is 24.4 Å². The summed E-state index contributed by atoms with van der Waals surface area (Å²) in [6, 6.07) is 13.6. The lowest BCUT2D eigenvalue weighted by Gasteiger charge is -2.34. The molecule has 1 N–H and O–H groups in total. The Morgan fingerprint density at radius 2 is 1.87 bits per heavy atom. The molecule has 0 atom stereocenters. The number of piperidine rings is 1. The number of nitrogens with one attached hydrogen (secondary N) is 1. The van der Waals surface area contributed by atoms with Crippen LogP contribution in [0.2, 0.25) is 0 Å². The highest BCUT2D eigenvalue weighted by Crippen LogP contribution is 2.14. The van der Waals surface area contributed by atoms with Crippen LogP contribution < -0.4 is 14.8 Å². The molecule has 1 aromatic heterocycles. The van der Waals surface area contributed by atoms with E-state index < -0.39 is 0 Å². The van der Waals surface area contributed by atoms with E-state index in [-0.39, 0.29) is 0 Å². The summed E-state index contributed by atoms with van der Waals surface area (Å²) in [5.41, 5.74) is 1.08. The monoisotopic (exact) mass is 412 g/mol. The number of ether oxygens (including phenoxy) is 3. The zero-order valence-corrected chi connectivity index (χ0v) is 17.9. The summed E-state index contributed by atoms with van der Waals surface area (Å²) >= 11 is 0. The first-order valence-corrected chi connectivity index (χ1v) is 10.6. The second-order valence-corrected chi connectivity index (χ2v) is 7.06. The van der Waals surface area contributed by atoms with E-state index in [2.05, 4.69) is 27.1 Å². The second kappa shape index (κ2) is 12.0. The van der Waals surface area contributed by atoms with E-state index in [4.69, 9.17) is 14.2 Å². The molecule has 1 aromatic carbocycles. The number of para-hydroxylation sites is 1. The number of aromatic nitrogens is 1. The lowest BCUT2D eigenvalue weighted by molar-refractivity contribution is 0.0263. The Bertz CT molecular complexity index is 760. The van der Waals surface area contributed by atoms with Crippen LogP contribution in [0.15, 0.2) is 53.7 Å². The number of nitrogens with zero attached hydrogens (tertiary/aromatic N) is 3. The van der Waals surface area contributed by atoms with Crippen LogP contribution in [0.1, 0.15) is 25.3 Å². The third-order valence-electron chi connectivity index (χ3n) is 4.95. The topological polar surface area (TPSA) is 68.2 Å². The Hall–Kier alpha value is -2.80. The van der Waals surface area contributed by atoms with Crippen LogP contribution in [0.25, 0.3) is 0 Å². The fraction of sp³-hybridized carbons (Fsp3) is 0.478. The summed E-state index contributed by atoms with van der Waals surface area (Å²) in [5.74, 6) is 2.35. The summed E-state index contributed by atoms with van der Waals surface area (Å²) in [4.78, 5) is 11.1. The quantitative estimate of drug-likeness (QED) is 0.388. The SMILES string of the molecule is CCOC1CCN(C(=NC)NCc2ccc(OCCOc3ccccc3)nc2)CC1. The van der Waals surface area contributed by atoms with Crippen molar-refractivity contribution in [1.82, 2.24) is 15.2 Å². The lowest BCUT2D eigenvalue weighted by atomic mass is 10.1. The van der Waals surface area contributed by atoms with Gasteiger partial charge in [-0.2, -0.15) is 0 Å². The molecule has 2 heterocycles. The molecule has 0 saturated carbocycles. The number of hydrogen-bond donors (Lipinski definition) is 1. The molecule has 2 aromatic rings. The molecule has 7 heteroatoms. The van der Waals surface area contributed by atoms with Crippen molar-refractivity contribution in [3.05, 3.63) is 54.2 Å². The van der Waals surface area contributed by atoms with Gasteiger partial charge in [0.05, 0.1) is 6.10 Å². The first-order valence-electron chi connectivity index (χ1n) is 10.6. The molecule has 1 aliphatic heterocycles. The van der Waals surface area contributed by atoms with Gasteiger partial charge in [-0.25, -0.2) is 4.98 Å². The van der Waals surface area contributed by atoms with Gasteiger partial charge in [-0.1, -0.05) is 24.3 Å². The molecule has 0 aliphatic carbocycles. The molecule has 1 saturated heterocycles. The van der Waals surface area contributed by atoms with Crippen molar-refractivity contribution in [2.24, 2.45) is 4.99 Å². The summed E-state index contributed by atoms with van der Waals surface area (Å²) in [6.45, 7) is 6.35. The molecule has 0 amide bonds. The normalized spacial score (nSPS) is 15.1. The number of aliphatic imine (C=N–C) groups is 1. The largest absolute Gasteiger partial charge is 0.490 e. The molecule has 30 heavy (non-hydrogen) atoms. The summed E-state index contributed by atoms with van der Waals surface area (Å²) in [6.07, 6.45) is 4.28. The number of likely N-dealkylation sites (tertiary alicyclic amines) is 1. The maximum Gasteiger partial charge on any atom is 0.213 e. The van der Waals surface area contributed by atoms with Gasteiger partial charge in [0, 0.05) is 45.6 Å². The highest BCUT2D eigenvalue weighted by molar-refractivity contribution is 5.79. The minimum absolute atomic E-state index is 0.374. The van der Waals surface area contributed by atoms with Crippen LogP contribution in [0.4, 0.5) is 0 Å². The molecule has 0 radical (unpaired) electrons. The summed E-state index contributed by atoms with van der Waals surface area (Å²) < 4.78 is 17.0. The zero-order chi connectivity index (χ0) is 21.0. The second-order valence-electron chi connectivity index (χ2n) is 7.06. The van der Waals surface area contributed by atoms with Crippen molar-refractivity contribution in [2.45, 2.75) is 32.4 Å². The Kier molecular flexibility index (Phi) is 8.78. The fourth-order valence-corrected chi connectivity index (χ4v) is 3.41. The van der Waals surface area contributed by atoms with E-state index >= 15 is 0 Å². The van der Waals surface area contributed by atoms with E-state index in [1.165, 1.54) is 0 Å². The molecule has 162 valence electrons. The molecular formula is C23H32N4O3. The van der Waals surface area contributed by atoms with Crippen LogP contribution in [0.5, 0.6) is 11.6 Å². The molecule has 0 spiro atoms. The highest BCUT2D eigenvalue weighted by Gasteiger charge is 2.21. The van der Waals surface area contributed by atoms with Gasteiger partial charge in [0.25, 0.3) is 0 Å². The molecule has 3 rings (SSSR count). The highest BCUT2D eigenvalue weighted by atomic mass is 16.5. The first kappa shape index (κ1) is 21.9. The van der Waals surface area contributed by atoms with E-state index in [1.807, 2.05) is 55.7 Å². The molecular weight excluding hydrogens is 380 g/mol. The molecule has 1 aliphatic rings. The van der Waals surface area contributed by atoms with Gasteiger partial charge >= 0.3 is 0 Å². The molecule has 1 fully saturated rings. The molecule has 0 unspecified atom stereocenters. The number of rotatable bonds is 9. The fourth-order valence-electron chi connectivity index (χ4n) is 3.41. The van der Waals surface area contributed by atoms with Gasteiger partial charge in [-0.05, 0) is 37.5 Å². The van der Waals surface area contributed by atoms with Crippen molar-refractivity contribution in [3.8, 4) is 11.6 Å². The maximum atomic E-state index is 5.73. The lowest BCUT2D eigenvalue weighted by Crippen LogP contribution is -2.46. The predicted molar refractivity (Wildman–Crippen MR) is 118 cm³/mol. The number of hydrogen-bond acceptors (Lipinski definition) is 5. The molecule has 0 bridgehead atoms. The van der Waals surface area contributed by atoms with Gasteiger partial charge in [0.15, 0.2) is 5.96 Å². The third-order valence-corrected chi connectivity index (χ3v) is 4.95. The maximum absolute atomic E-state index is 5.73. The van der Waals surface area contributed by atoms with Crippen molar-refractivity contribution in [1.29, 1.82) is 0 Å². The van der Waals surface area contributed by atoms with Crippen molar-refractivity contribution in [3.63, 3.8) is 0 Å². The zero-order valence-electron chi connectivity index (χ0n) is 17.9. The predicted octanol–water partition coefficient (Wildman–Crippen LogP) is 3.12. The standard InChI is InChI=1S/C23H32N4O3/c1-3-28-21-11-13-27(14-12-21)23(24-2)26-18-19-9-10-22(25-17-19)30-16-15-29-20-7-5-4-6-8-20/h4-10,17,21H,3,11-16,18H2,1-2H3,(H,24,26). The third kappa shape index (κ3) is 6.91. The van der Waals surface area contributed by atoms with Crippen LogP contribution in [0, 0.1) is 0 Å². The van der Waals surface area contributed by atoms with Crippen LogP contribution in [-0.4, -0.2) is 61.9 Å². The minimum atomic E-state index is 0.374. The van der Waals surface area contributed by atoms with Crippen molar-refractivity contribution in [2.75, 3.05) is 40.0 Å². The Morgan fingerprint density at radius 1 is 1.10 bits per heavy atom. The Balaban J connectivity index is 1.37. The van der Waals surface area contributed by atoms with E-state index in [1.54, 1.807) is 0 Å². The van der Waals surface area contributed by atoms with E-state index in [0.29, 0.717) is 31.7 Å². The van der Waals surface area contributed by atoms with Crippen LogP contribution >= 0.6 is 0 Å². The number of guanidine groups is 1. The average Bonchev–Trinajstić information content (AvgIpc) is 2.80. The van der Waals surface area contributed by atoms with E-state index in [0.717, 1.165) is 49.8 Å². The van der Waals surface area contributed by atoms with Crippen LogP contribution in [-0.2, 0) is 11.3 Å². The van der Waals surface area contributed by atoms with Crippen LogP contribution in [0.3, 0.4) is 0 Å². The summed E-state index contributed by atoms with van der Waals surface area (Å²) in [7, 11) is 1.82. The van der Waals surface area contributed by atoms with Gasteiger partial charge in [-0.3, -0.25) is 4.99 Å². The number of pyridine rings is 1.